The van der Waals surface area contributed by atoms with Crippen LogP contribution in [0.4, 0.5) is 0 Å². The fourth-order valence-corrected chi connectivity index (χ4v) is 2.67. The summed E-state index contributed by atoms with van der Waals surface area (Å²) in [5.41, 5.74) is 5.44. The van der Waals surface area contributed by atoms with Crippen molar-refractivity contribution in [3.8, 4) is 0 Å². The van der Waals surface area contributed by atoms with Crippen molar-refractivity contribution >= 4 is 13.5 Å². The minimum atomic E-state index is -2.78. The fourth-order valence-electron chi connectivity index (χ4n) is 1.02. The predicted octanol–water partition coefficient (Wildman–Crippen LogP) is 0.432. The normalized spacial score (nSPS) is 37.5. The molecule has 6 heteroatoms. The molecule has 0 radical (unpaired) electrons. The lowest BCUT2D eigenvalue weighted by Gasteiger charge is -2.21. The van der Waals surface area contributed by atoms with Crippen molar-refractivity contribution in [2.24, 2.45) is 10.7 Å². The first-order chi connectivity index (χ1) is 5.02. The highest BCUT2D eigenvalue weighted by atomic mass is 31.2. The van der Waals surface area contributed by atoms with Crippen LogP contribution in [0.3, 0.4) is 0 Å². The lowest BCUT2D eigenvalue weighted by Crippen LogP contribution is -2.27. The van der Waals surface area contributed by atoms with Crippen molar-refractivity contribution in [2.45, 2.75) is 12.7 Å². The maximum absolute atomic E-state index is 11.8. The van der Waals surface area contributed by atoms with Gasteiger partial charge in [-0.15, -0.1) is 0 Å². The molecule has 0 fully saturated rings. The molecule has 2 atom stereocenters. The predicted molar refractivity (Wildman–Crippen MR) is 43.5 cm³/mol. The number of rotatable bonds is 1. The Morgan fingerprint density at radius 1 is 1.82 bits per heavy atom. The zero-order chi connectivity index (χ0) is 8.65. The summed E-state index contributed by atoms with van der Waals surface area (Å²) in [6, 6.07) is 0. The van der Waals surface area contributed by atoms with Gasteiger partial charge >= 0.3 is 7.52 Å². The lowest BCUT2D eigenvalue weighted by molar-refractivity contribution is 0.359. The van der Waals surface area contributed by atoms with E-state index in [4.69, 9.17) is 10.3 Å². The highest BCUT2D eigenvalue weighted by molar-refractivity contribution is 7.58. The van der Waals surface area contributed by atoms with E-state index in [2.05, 4.69) is 4.99 Å². The average Bonchev–Trinajstić information content (AvgIpc) is 2.16. The molecule has 0 amide bonds. The molecular weight excluding hydrogens is 165 g/mol. The minimum absolute atomic E-state index is 0.280. The Labute approximate surface area is 65.7 Å². The first-order valence-corrected chi connectivity index (χ1v) is 4.90. The molecule has 64 valence electrons. The third-order valence-corrected chi connectivity index (χ3v) is 4.43. The van der Waals surface area contributed by atoms with Crippen molar-refractivity contribution in [1.29, 1.82) is 0 Å². The summed E-state index contributed by atoms with van der Waals surface area (Å²) in [5.74, 6) is -0.0693. The smallest absolute Gasteiger partial charge is 0.322 e. The molecule has 2 unspecified atom stereocenters. The molecule has 0 aromatic heterocycles. The van der Waals surface area contributed by atoms with E-state index in [9.17, 15) is 4.57 Å². The summed E-state index contributed by atoms with van der Waals surface area (Å²) in [7, 11) is 0.238. The monoisotopic (exact) mass is 177 g/mol. The molecule has 0 aromatic carbocycles. The molecule has 1 aliphatic heterocycles. The van der Waals surface area contributed by atoms with Gasteiger partial charge in [0.2, 0.25) is 0 Å². The van der Waals surface area contributed by atoms with Gasteiger partial charge in [-0.1, -0.05) is 0 Å². The number of nitrogens with zero attached hydrogens (tertiary/aromatic N) is 2. The largest absolute Gasteiger partial charge is 0.369 e. The van der Waals surface area contributed by atoms with Crippen molar-refractivity contribution in [1.82, 2.24) is 4.67 Å². The van der Waals surface area contributed by atoms with E-state index in [0.29, 0.717) is 0 Å². The molecule has 1 rings (SSSR count). The van der Waals surface area contributed by atoms with Gasteiger partial charge in [0, 0.05) is 14.2 Å². The first kappa shape index (κ1) is 8.56. The van der Waals surface area contributed by atoms with Gasteiger partial charge < -0.3 is 10.3 Å². The third-order valence-electron chi connectivity index (χ3n) is 1.80. The molecular formula is C5H12N3O2P. The Kier molecular flexibility index (Phi) is 1.94. The zero-order valence-corrected chi connectivity index (χ0v) is 7.71. The highest BCUT2D eigenvalue weighted by Gasteiger charge is 2.41. The number of aliphatic imine (C=N–C) groups is 1. The van der Waals surface area contributed by atoms with Gasteiger partial charge in [-0.25, -0.2) is 4.99 Å². The molecule has 0 aliphatic carbocycles. The molecule has 1 heterocycles. The Morgan fingerprint density at radius 3 is 2.55 bits per heavy atom. The Hall–Kier alpha value is -0.540. The molecule has 0 saturated carbocycles. The van der Waals surface area contributed by atoms with E-state index in [-0.39, 0.29) is 11.7 Å². The summed E-state index contributed by atoms with van der Waals surface area (Å²) < 4.78 is 18.0. The molecule has 2 N–H and O–H groups in total. The van der Waals surface area contributed by atoms with Crippen LogP contribution < -0.4 is 5.73 Å². The van der Waals surface area contributed by atoms with E-state index in [1.165, 1.54) is 11.8 Å². The lowest BCUT2D eigenvalue weighted by atomic mass is 10.8. The van der Waals surface area contributed by atoms with Crippen molar-refractivity contribution in [3.05, 3.63) is 0 Å². The molecule has 1 aliphatic rings. The van der Waals surface area contributed by atoms with E-state index in [0.717, 1.165) is 0 Å². The summed E-state index contributed by atoms with van der Waals surface area (Å²) in [4.78, 5) is 3.93. The van der Waals surface area contributed by atoms with Crippen LogP contribution in [-0.4, -0.2) is 30.6 Å². The van der Waals surface area contributed by atoms with Crippen molar-refractivity contribution in [2.75, 3.05) is 14.2 Å². The summed E-state index contributed by atoms with van der Waals surface area (Å²) in [6.07, 6.45) is 0. The SMILES string of the molecule is COP1(=O)C(C)N=C(N)N1C. The van der Waals surface area contributed by atoms with E-state index < -0.39 is 7.52 Å². The van der Waals surface area contributed by atoms with Gasteiger partial charge in [0.15, 0.2) is 5.96 Å². The van der Waals surface area contributed by atoms with Gasteiger partial charge in [-0.05, 0) is 6.92 Å². The molecule has 0 bridgehead atoms. The Balaban J connectivity index is 2.97. The van der Waals surface area contributed by atoms with Gasteiger partial charge in [-0.3, -0.25) is 9.24 Å². The van der Waals surface area contributed by atoms with E-state index >= 15 is 0 Å². The quantitative estimate of drug-likeness (QED) is 0.590. The van der Waals surface area contributed by atoms with E-state index in [1.54, 1.807) is 14.0 Å². The van der Waals surface area contributed by atoms with Gasteiger partial charge in [0.25, 0.3) is 0 Å². The van der Waals surface area contributed by atoms with Crippen molar-refractivity contribution < 1.29 is 9.09 Å². The van der Waals surface area contributed by atoms with Gasteiger partial charge in [0.05, 0.1) is 0 Å². The first-order valence-electron chi connectivity index (χ1n) is 3.25. The van der Waals surface area contributed by atoms with Gasteiger partial charge in [0.1, 0.15) is 5.78 Å². The second kappa shape index (κ2) is 2.50. The standard InChI is InChI=1S/C5H12N3O2P/c1-4-7-5(6)8(2)11(4,9)10-3/h4H,1-3H3,(H2,6,7). The maximum Gasteiger partial charge on any atom is 0.322 e. The Morgan fingerprint density at radius 2 is 2.36 bits per heavy atom. The number of hydrogen-bond donors (Lipinski definition) is 1. The molecule has 0 saturated heterocycles. The fraction of sp³-hybridized carbons (Fsp3) is 0.800. The number of nitrogens with two attached hydrogens (primary N) is 1. The van der Waals surface area contributed by atoms with Gasteiger partial charge in [-0.2, -0.15) is 0 Å². The molecule has 0 aromatic rings. The second-order valence-electron chi connectivity index (χ2n) is 2.39. The van der Waals surface area contributed by atoms with E-state index in [1.807, 2.05) is 0 Å². The van der Waals surface area contributed by atoms with Crippen LogP contribution in [0.25, 0.3) is 0 Å². The number of guanidine groups is 1. The van der Waals surface area contributed by atoms with Crippen LogP contribution in [0.5, 0.6) is 0 Å². The van der Waals surface area contributed by atoms with Crippen LogP contribution in [0.1, 0.15) is 6.92 Å². The summed E-state index contributed by atoms with van der Waals surface area (Å²) in [6.45, 7) is 1.72. The third kappa shape index (κ3) is 1.04. The van der Waals surface area contributed by atoms with Crippen LogP contribution in [0.2, 0.25) is 0 Å². The topological polar surface area (TPSA) is 67.9 Å². The molecule has 0 spiro atoms. The highest BCUT2D eigenvalue weighted by Crippen LogP contribution is 2.57. The number of hydrogen-bond acceptors (Lipinski definition) is 4. The van der Waals surface area contributed by atoms with Crippen LogP contribution >= 0.6 is 7.52 Å². The van der Waals surface area contributed by atoms with Crippen LogP contribution in [0.15, 0.2) is 4.99 Å². The molecule has 11 heavy (non-hydrogen) atoms. The summed E-state index contributed by atoms with van der Waals surface area (Å²) in [5, 5.41) is 0. The second-order valence-corrected chi connectivity index (χ2v) is 5.23. The zero-order valence-electron chi connectivity index (χ0n) is 6.81. The maximum atomic E-state index is 11.8. The minimum Gasteiger partial charge on any atom is -0.369 e. The molecule has 5 nitrogen and oxygen atoms in total. The average molecular weight is 177 g/mol. The Bertz CT molecular complexity index is 240. The van der Waals surface area contributed by atoms with Crippen LogP contribution in [0, 0.1) is 0 Å². The summed E-state index contributed by atoms with van der Waals surface area (Å²) >= 11 is 0. The van der Waals surface area contributed by atoms with Crippen molar-refractivity contribution in [3.63, 3.8) is 0 Å². The van der Waals surface area contributed by atoms with Crippen LogP contribution in [-0.2, 0) is 9.09 Å².